The Balaban J connectivity index is 3.07. The number of carboxylic acid groups (broad SMARTS) is 1. The maximum Gasteiger partial charge on any atom is 0.392 e. The van der Waals surface area contributed by atoms with E-state index in [-0.39, 0.29) is 5.56 Å². The molecule has 0 amide bonds. The molecule has 1 aromatic rings. The second-order valence-electron chi connectivity index (χ2n) is 3.56. The molecular weight excluding hydrogens is 221 g/mol. The Hall–Kier alpha value is -1.52. The first-order valence-corrected chi connectivity index (χ1v) is 4.68. The van der Waals surface area contributed by atoms with Gasteiger partial charge in [-0.25, -0.2) is 0 Å². The first-order chi connectivity index (χ1) is 7.34. The third-order valence-corrected chi connectivity index (χ3v) is 2.44. The molecule has 5 heteroatoms. The molecule has 0 heterocycles. The Morgan fingerprint density at radius 1 is 1.25 bits per heavy atom. The van der Waals surface area contributed by atoms with Crippen molar-refractivity contribution in [3.8, 4) is 0 Å². The van der Waals surface area contributed by atoms with Crippen LogP contribution in [0.4, 0.5) is 13.2 Å². The van der Waals surface area contributed by atoms with Crippen molar-refractivity contribution in [1.29, 1.82) is 0 Å². The molecule has 1 aromatic carbocycles. The predicted octanol–water partition coefficient (Wildman–Crippen LogP) is 3.05. The number of halogens is 3. The van der Waals surface area contributed by atoms with Crippen molar-refractivity contribution >= 4 is 5.97 Å². The molecule has 0 spiro atoms. The molecule has 1 N–H and O–H groups in total. The van der Waals surface area contributed by atoms with E-state index in [9.17, 15) is 18.0 Å². The van der Waals surface area contributed by atoms with E-state index >= 15 is 0 Å². The molecule has 2 nitrogen and oxygen atoms in total. The molecule has 0 aliphatic rings. The fourth-order valence-corrected chi connectivity index (χ4v) is 1.49. The van der Waals surface area contributed by atoms with Gasteiger partial charge in [-0.05, 0) is 5.56 Å². The number of benzene rings is 1. The molecule has 0 radical (unpaired) electrons. The summed E-state index contributed by atoms with van der Waals surface area (Å²) in [4.78, 5) is 10.9. The van der Waals surface area contributed by atoms with Gasteiger partial charge in [0.2, 0.25) is 0 Å². The normalized spacial score (nSPS) is 15.5. The van der Waals surface area contributed by atoms with Crippen LogP contribution in [0.2, 0.25) is 0 Å². The van der Waals surface area contributed by atoms with Crippen molar-refractivity contribution in [3.05, 3.63) is 35.9 Å². The van der Waals surface area contributed by atoms with Gasteiger partial charge in [0.05, 0.1) is 11.8 Å². The molecule has 0 aromatic heterocycles. The zero-order valence-corrected chi connectivity index (χ0v) is 8.53. The van der Waals surface area contributed by atoms with Crippen LogP contribution in [0.1, 0.15) is 18.4 Å². The Morgan fingerprint density at radius 3 is 2.12 bits per heavy atom. The topological polar surface area (TPSA) is 37.3 Å². The maximum absolute atomic E-state index is 12.5. The van der Waals surface area contributed by atoms with Crippen LogP contribution in [0.3, 0.4) is 0 Å². The Labute approximate surface area is 90.7 Å². The van der Waals surface area contributed by atoms with Gasteiger partial charge in [0, 0.05) is 0 Å². The summed E-state index contributed by atoms with van der Waals surface area (Å²) in [6.07, 6.45) is -4.51. The van der Waals surface area contributed by atoms with Crippen molar-refractivity contribution in [2.24, 2.45) is 5.92 Å². The maximum atomic E-state index is 12.5. The van der Waals surface area contributed by atoms with E-state index in [1.807, 2.05) is 0 Å². The Kier molecular flexibility index (Phi) is 3.57. The van der Waals surface area contributed by atoms with Crippen molar-refractivity contribution in [2.45, 2.75) is 19.0 Å². The average molecular weight is 232 g/mol. The molecule has 0 bridgehead atoms. The first-order valence-electron chi connectivity index (χ1n) is 4.68. The first kappa shape index (κ1) is 12.5. The van der Waals surface area contributed by atoms with E-state index < -0.39 is 24.0 Å². The molecule has 0 aliphatic carbocycles. The minimum absolute atomic E-state index is 0.167. The molecule has 0 fully saturated rings. The van der Waals surface area contributed by atoms with Gasteiger partial charge in [0.25, 0.3) is 0 Å². The van der Waals surface area contributed by atoms with Crippen LogP contribution >= 0.6 is 0 Å². The fourth-order valence-electron chi connectivity index (χ4n) is 1.49. The van der Waals surface area contributed by atoms with Crippen LogP contribution in [0.5, 0.6) is 0 Å². The third kappa shape index (κ3) is 2.74. The molecular formula is C11H11F3O2. The molecule has 2 atom stereocenters. The molecule has 16 heavy (non-hydrogen) atoms. The molecule has 88 valence electrons. The quantitative estimate of drug-likeness (QED) is 0.869. The van der Waals surface area contributed by atoms with E-state index in [2.05, 4.69) is 0 Å². The highest BCUT2D eigenvalue weighted by atomic mass is 19.4. The van der Waals surface area contributed by atoms with Gasteiger partial charge >= 0.3 is 12.1 Å². The second-order valence-corrected chi connectivity index (χ2v) is 3.56. The number of hydrogen-bond donors (Lipinski definition) is 1. The summed E-state index contributed by atoms with van der Waals surface area (Å²) in [6.45, 7) is 0.881. The molecule has 0 saturated carbocycles. The lowest BCUT2D eigenvalue weighted by molar-refractivity contribution is -0.183. The summed E-state index contributed by atoms with van der Waals surface area (Å²) < 4.78 is 37.4. The molecule has 0 aliphatic heterocycles. The third-order valence-electron chi connectivity index (χ3n) is 2.44. The lowest BCUT2D eigenvalue weighted by atomic mass is 9.87. The summed E-state index contributed by atoms with van der Waals surface area (Å²) in [7, 11) is 0. The zero-order valence-electron chi connectivity index (χ0n) is 8.53. The number of alkyl halides is 3. The summed E-state index contributed by atoms with van der Waals surface area (Å²) in [6, 6.07) is 7.45. The number of rotatable bonds is 3. The number of carboxylic acids is 1. The van der Waals surface area contributed by atoms with Crippen LogP contribution < -0.4 is 0 Å². The van der Waals surface area contributed by atoms with Crippen molar-refractivity contribution in [2.75, 3.05) is 0 Å². The van der Waals surface area contributed by atoms with Gasteiger partial charge in [-0.15, -0.1) is 0 Å². The predicted molar refractivity (Wildman–Crippen MR) is 52.0 cm³/mol. The largest absolute Gasteiger partial charge is 0.481 e. The highest BCUT2D eigenvalue weighted by Crippen LogP contribution is 2.37. The zero-order chi connectivity index (χ0) is 12.3. The van der Waals surface area contributed by atoms with Gasteiger partial charge in [-0.3, -0.25) is 4.79 Å². The van der Waals surface area contributed by atoms with Gasteiger partial charge < -0.3 is 5.11 Å². The summed E-state index contributed by atoms with van der Waals surface area (Å²) in [5, 5.41) is 8.86. The van der Waals surface area contributed by atoms with Gasteiger partial charge in [-0.1, -0.05) is 37.3 Å². The van der Waals surface area contributed by atoms with E-state index in [1.54, 1.807) is 6.07 Å². The molecule has 0 saturated heterocycles. The highest BCUT2D eigenvalue weighted by Gasteiger charge is 2.44. The van der Waals surface area contributed by atoms with E-state index in [4.69, 9.17) is 5.11 Å². The number of carbonyl (C=O) groups is 1. The minimum Gasteiger partial charge on any atom is -0.481 e. The number of aliphatic carboxylic acids is 1. The molecule has 1 rings (SSSR count). The van der Waals surface area contributed by atoms with Crippen molar-refractivity contribution in [3.63, 3.8) is 0 Å². The van der Waals surface area contributed by atoms with Crippen LogP contribution in [0.25, 0.3) is 0 Å². The van der Waals surface area contributed by atoms with Crippen LogP contribution in [-0.2, 0) is 4.79 Å². The number of hydrogen-bond acceptors (Lipinski definition) is 1. The Bertz CT molecular complexity index is 359. The van der Waals surface area contributed by atoms with E-state index in [0.717, 1.165) is 6.92 Å². The van der Waals surface area contributed by atoms with E-state index in [1.165, 1.54) is 24.3 Å². The summed E-state index contributed by atoms with van der Waals surface area (Å²) >= 11 is 0. The highest BCUT2D eigenvalue weighted by molar-refractivity contribution is 5.76. The molecule has 2 unspecified atom stereocenters. The standard InChI is InChI=1S/C11H11F3O2/c1-7(11(12,13)14)9(10(15)16)8-5-3-2-4-6-8/h2-7,9H,1H3,(H,15,16). The van der Waals surface area contributed by atoms with Crippen molar-refractivity contribution in [1.82, 2.24) is 0 Å². The van der Waals surface area contributed by atoms with Gasteiger partial charge in [0.15, 0.2) is 0 Å². The van der Waals surface area contributed by atoms with Crippen molar-refractivity contribution < 1.29 is 23.1 Å². The summed E-state index contributed by atoms with van der Waals surface area (Å²) in [5.41, 5.74) is 0.167. The summed E-state index contributed by atoms with van der Waals surface area (Å²) in [5.74, 6) is -4.93. The fraction of sp³-hybridized carbons (Fsp3) is 0.364. The second kappa shape index (κ2) is 4.55. The van der Waals surface area contributed by atoms with Crippen LogP contribution in [0, 0.1) is 5.92 Å². The van der Waals surface area contributed by atoms with Crippen LogP contribution in [-0.4, -0.2) is 17.3 Å². The SMILES string of the molecule is CC(C(C(=O)O)c1ccccc1)C(F)(F)F. The van der Waals surface area contributed by atoms with E-state index in [0.29, 0.717) is 0 Å². The Morgan fingerprint density at radius 2 is 1.75 bits per heavy atom. The average Bonchev–Trinajstić information content (AvgIpc) is 2.17. The minimum atomic E-state index is -4.51. The van der Waals surface area contributed by atoms with Crippen LogP contribution in [0.15, 0.2) is 30.3 Å². The lowest BCUT2D eigenvalue weighted by Gasteiger charge is -2.22. The monoisotopic (exact) mass is 232 g/mol. The van der Waals surface area contributed by atoms with Gasteiger partial charge in [-0.2, -0.15) is 13.2 Å². The lowest BCUT2D eigenvalue weighted by Crippen LogP contribution is -2.31. The smallest absolute Gasteiger partial charge is 0.392 e. The van der Waals surface area contributed by atoms with Gasteiger partial charge in [0.1, 0.15) is 0 Å².